The van der Waals surface area contributed by atoms with E-state index in [2.05, 4.69) is 25.6 Å². The zero-order valence-corrected chi connectivity index (χ0v) is 20.1. The lowest BCUT2D eigenvalue weighted by Crippen LogP contribution is -2.25. The van der Waals surface area contributed by atoms with Gasteiger partial charge in [0.15, 0.2) is 11.5 Å². The number of carbonyl (C=O) groups excluding carboxylic acids is 1. The average Bonchev–Trinajstić information content (AvgIpc) is 3.23. The van der Waals surface area contributed by atoms with E-state index in [4.69, 9.17) is 14.2 Å². The Morgan fingerprint density at radius 1 is 1.03 bits per heavy atom. The van der Waals surface area contributed by atoms with Crippen LogP contribution in [0.15, 0.2) is 42.6 Å². The summed E-state index contributed by atoms with van der Waals surface area (Å²) in [5.41, 5.74) is 3.40. The first kappa shape index (κ1) is 23.2. The third-order valence-corrected chi connectivity index (χ3v) is 6.09. The standard InChI is InChI=1S/C25H23FN6O4/c1-13-21-17(16-9-10-19(34-2)23(36-4)22(16)35-3)11-20(33)29-24(21)32(31-13)25-28-18(12-27-30-25)14-5-7-15(26)8-6-14/h5-10,12,17H,11H2,1-4H3,(H,29,33). The van der Waals surface area contributed by atoms with Gasteiger partial charge < -0.3 is 19.5 Å². The number of ether oxygens (including phenoxy) is 3. The van der Waals surface area contributed by atoms with Crippen LogP contribution in [0, 0.1) is 12.7 Å². The molecule has 10 nitrogen and oxygen atoms in total. The van der Waals surface area contributed by atoms with E-state index < -0.39 is 0 Å². The molecule has 2 aromatic carbocycles. The van der Waals surface area contributed by atoms with E-state index >= 15 is 0 Å². The van der Waals surface area contributed by atoms with Crippen LogP contribution in [0.5, 0.6) is 17.2 Å². The first-order valence-electron chi connectivity index (χ1n) is 11.1. The predicted molar refractivity (Wildman–Crippen MR) is 128 cm³/mol. The maximum Gasteiger partial charge on any atom is 0.272 e. The highest BCUT2D eigenvalue weighted by molar-refractivity contribution is 5.95. The summed E-state index contributed by atoms with van der Waals surface area (Å²) in [5.74, 6) is 1.13. The van der Waals surface area contributed by atoms with Gasteiger partial charge in [0.2, 0.25) is 11.7 Å². The number of amides is 1. The van der Waals surface area contributed by atoms with Crippen LogP contribution in [0.1, 0.15) is 29.2 Å². The molecule has 4 aromatic rings. The van der Waals surface area contributed by atoms with Crippen molar-refractivity contribution in [2.24, 2.45) is 0 Å². The molecule has 1 amide bonds. The third kappa shape index (κ3) is 3.88. The van der Waals surface area contributed by atoms with E-state index in [0.717, 1.165) is 11.1 Å². The summed E-state index contributed by atoms with van der Waals surface area (Å²) in [4.78, 5) is 17.4. The Hall–Kier alpha value is -4.54. The zero-order valence-electron chi connectivity index (χ0n) is 20.1. The number of nitrogens with one attached hydrogen (secondary N) is 1. The maximum atomic E-state index is 13.4. The SMILES string of the molecule is COc1ccc(C2CC(=O)Nc3c2c(C)nn3-c2nncc(-c3ccc(F)cc3)n2)c(OC)c1OC. The first-order valence-corrected chi connectivity index (χ1v) is 11.1. The molecular formula is C25H23FN6O4. The first-order chi connectivity index (χ1) is 17.4. The number of methoxy groups -OCH3 is 3. The molecule has 36 heavy (non-hydrogen) atoms. The van der Waals surface area contributed by atoms with Gasteiger partial charge in [-0.3, -0.25) is 4.79 Å². The molecule has 0 saturated heterocycles. The molecule has 1 atom stereocenters. The number of halogens is 1. The zero-order chi connectivity index (χ0) is 25.4. The molecule has 0 aliphatic carbocycles. The van der Waals surface area contributed by atoms with Gasteiger partial charge in [0.1, 0.15) is 11.6 Å². The molecule has 1 unspecified atom stereocenters. The molecule has 0 saturated carbocycles. The van der Waals surface area contributed by atoms with Gasteiger partial charge in [0.25, 0.3) is 5.95 Å². The number of benzene rings is 2. The van der Waals surface area contributed by atoms with Crippen LogP contribution >= 0.6 is 0 Å². The molecule has 3 heterocycles. The monoisotopic (exact) mass is 490 g/mol. The average molecular weight is 490 g/mol. The number of hydrogen-bond acceptors (Lipinski definition) is 8. The summed E-state index contributed by atoms with van der Waals surface area (Å²) in [6.45, 7) is 1.85. The van der Waals surface area contributed by atoms with Crippen LogP contribution in [0.3, 0.4) is 0 Å². The molecule has 5 rings (SSSR count). The van der Waals surface area contributed by atoms with Gasteiger partial charge in [-0.25, -0.2) is 9.37 Å². The Labute approximate surface area is 206 Å². The predicted octanol–water partition coefficient (Wildman–Crippen LogP) is 3.67. The van der Waals surface area contributed by atoms with Crippen LogP contribution in [0.4, 0.5) is 10.2 Å². The van der Waals surface area contributed by atoms with Crippen molar-refractivity contribution in [1.82, 2.24) is 25.0 Å². The fourth-order valence-corrected chi connectivity index (χ4v) is 4.50. The Bertz CT molecular complexity index is 1450. The van der Waals surface area contributed by atoms with Crippen molar-refractivity contribution in [2.45, 2.75) is 19.3 Å². The Morgan fingerprint density at radius 2 is 1.78 bits per heavy atom. The van der Waals surface area contributed by atoms with Crippen LogP contribution in [0.25, 0.3) is 17.2 Å². The van der Waals surface area contributed by atoms with E-state index in [1.54, 1.807) is 32.4 Å². The minimum Gasteiger partial charge on any atom is -0.493 e. The number of rotatable bonds is 6. The van der Waals surface area contributed by atoms with Gasteiger partial charge in [-0.2, -0.15) is 14.9 Å². The van der Waals surface area contributed by atoms with Crippen molar-refractivity contribution < 1.29 is 23.4 Å². The lowest BCUT2D eigenvalue weighted by Gasteiger charge is -2.26. The molecule has 0 bridgehead atoms. The van der Waals surface area contributed by atoms with Gasteiger partial charge in [-0.1, -0.05) is 6.07 Å². The Morgan fingerprint density at radius 3 is 2.47 bits per heavy atom. The van der Waals surface area contributed by atoms with E-state index in [1.807, 2.05) is 13.0 Å². The van der Waals surface area contributed by atoms with Crippen molar-refractivity contribution >= 4 is 11.7 Å². The third-order valence-electron chi connectivity index (χ3n) is 6.09. The van der Waals surface area contributed by atoms with Crippen molar-refractivity contribution in [2.75, 3.05) is 26.6 Å². The van der Waals surface area contributed by atoms with E-state index in [1.165, 1.54) is 30.1 Å². The smallest absolute Gasteiger partial charge is 0.272 e. The highest BCUT2D eigenvalue weighted by Crippen LogP contribution is 2.48. The topological polar surface area (TPSA) is 113 Å². The van der Waals surface area contributed by atoms with Gasteiger partial charge in [-0.15, -0.1) is 5.10 Å². The lowest BCUT2D eigenvalue weighted by atomic mass is 9.85. The molecule has 184 valence electrons. The number of hydrogen-bond donors (Lipinski definition) is 1. The van der Waals surface area contributed by atoms with Crippen molar-refractivity contribution in [3.63, 3.8) is 0 Å². The van der Waals surface area contributed by atoms with Gasteiger partial charge in [-0.05, 0) is 37.3 Å². The summed E-state index contributed by atoms with van der Waals surface area (Å²) in [7, 11) is 4.62. The van der Waals surface area contributed by atoms with E-state index in [9.17, 15) is 9.18 Å². The molecule has 1 aliphatic rings. The maximum absolute atomic E-state index is 13.4. The van der Waals surface area contributed by atoms with Crippen LogP contribution in [-0.2, 0) is 4.79 Å². The molecular weight excluding hydrogens is 467 g/mol. The number of aryl methyl sites for hydroxylation is 1. The Kier molecular flexibility index (Phi) is 5.96. The molecule has 1 aliphatic heterocycles. The number of aromatic nitrogens is 5. The van der Waals surface area contributed by atoms with E-state index in [-0.39, 0.29) is 30.0 Å². The van der Waals surface area contributed by atoms with Gasteiger partial charge in [0, 0.05) is 29.0 Å². The number of nitrogens with zero attached hydrogens (tertiary/aromatic N) is 5. The van der Waals surface area contributed by atoms with Gasteiger partial charge in [0.05, 0.1) is 38.9 Å². The number of fused-ring (bicyclic) bond motifs is 1. The van der Waals surface area contributed by atoms with Crippen LogP contribution in [-0.4, -0.2) is 52.2 Å². The minimum atomic E-state index is -0.370. The second kappa shape index (κ2) is 9.25. The molecule has 0 fully saturated rings. The largest absolute Gasteiger partial charge is 0.493 e. The van der Waals surface area contributed by atoms with Crippen molar-refractivity contribution in [1.29, 1.82) is 0 Å². The lowest BCUT2D eigenvalue weighted by molar-refractivity contribution is -0.116. The highest BCUT2D eigenvalue weighted by atomic mass is 19.1. The fourth-order valence-electron chi connectivity index (χ4n) is 4.50. The number of anilines is 1. The molecule has 0 radical (unpaired) electrons. The quantitative estimate of drug-likeness (QED) is 0.436. The summed E-state index contributed by atoms with van der Waals surface area (Å²) in [6.07, 6.45) is 1.66. The molecule has 2 aromatic heterocycles. The second-order valence-electron chi connectivity index (χ2n) is 8.14. The fraction of sp³-hybridized carbons (Fsp3) is 0.240. The van der Waals surface area contributed by atoms with Crippen molar-refractivity contribution in [3.05, 3.63) is 65.2 Å². The second-order valence-corrected chi connectivity index (χ2v) is 8.14. The summed E-state index contributed by atoms with van der Waals surface area (Å²) >= 11 is 0. The van der Waals surface area contributed by atoms with Crippen LogP contribution < -0.4 is 19.5 Å². The normalized spacial score (nSPS) is 14.7. The summed E-state index contributed by atoms with van der Waals surface area (Å²) in [6, 6.07) is 9.54. The van der Waals surface area contributed by atoms with Crippen molar-refractivity contribution in [3.8, 4) is 34.5 Å². The number of carbonyl (C=O) groups is 1. The molecule has 1 N–H and O–H groups in total. The van der Waals surface area contributed by atoms with Gasteiger partial charge >= 0.3 is 0 Å². The molecule has 11 heteroatoms. The highest BCUT2D eigenvalue weighted by Gasteiger charge is 2.36. The summed E-state index contributed by atoms with van der Waals surface area (Å²) in [5, 5.41) is 15.7. The minimum absolute atomic E-state index is 0.168. The summed E-state index contributed by atoms with van der Waals surface area (Å²) < 4.78 is 31.5. The van der Waals surface area contributed by atoms with Crippen LogP contribution in [0.2, 0.25) is 0 Å². The molecule has 0 spiro atoms. The van der Waals surface area contributed by atoms with E-state index in [0.29, 0.717) is 40.0 Å². The Balaban J connectivity index is 1.64.